The molecule has 0 aromatic heterocycles. The number of phenolic OH excluding ortho intramolecular Hbond substituents is 1. The van der Waals surface area contributed by atoms with Gasteiger partial charge in [-0.1, -0.05) is 12.1 Å². The van der Waals surface area contributed by atoms with Crippen LogP contribution in [0, 0.1) is 13.8 Å². The lowest BCUT2D eigenvalue weighted by Gasteiger charge is -2.27. The predicted molar refractivity (Wildman–Crippen MR) is 83.3 cm³/mol. The van der Waals surface area contributed by atoms with E-state index in [9.17, 15) is 5.11 Å². The Morgan fingerprint density at radius 1 is 1.05 bits per heavy atom. The van der Waals surface area contributed by atoms with E-state index in [-0.39, 0.29) is 0 Å². The second kappa shape index (κ2) is 5.20. The molecule has 0 saturated carbocycles. The largest absolute Gasteiger partial charge is 0.508 e. The molecule has 20 heavy (non-hydrogen) atoms. The third-order valence-electron chi connectivity index (χ3n) is 4.29. The molecule has 1 aliphatic carbocycles. The SMILES string of the molecule is Cc1ccc(NC2CCCc3ccc(O)cc32)cc1C. The zero-order valence-corrected chi connectivity index (χ0v) is 12.1. The van der Waals surface area contributed by atoms with E-state index in [1.54, 1.807) is 6.07 Å². The molecule has 2 nitrogen and oxygen atoms in total. The fraction of sp³-hybridized carbons (Fsp3) is 0.333. The Balaban J connectivity index is 1.89. The maximum Gasteiger partial charge on any atom is 0.115 e. The molecule has 0 fully saturated rings. The van der Waals surface area contributed by atoms with E-state index < -0.39 is 0 Å². The minimum Gasteiger partial charge on any atom is -0.508 e. The van der Waals surface area contributed by atoms with Crippen LogP contribution in [0.1, 0.15) is 41.1 Å². The second-order valence-corrected chi connectivity index (χ2v) is 5.77. The highest BCUT2D eigenvalue weighted by Crippen LogP contribution is 2.34. The summed E-state index contributed by atoms with van der Waals surface area (Å²) in [5.41, 5.74) is 6.39. The van der Waals surface area contributed by atoms with Crippen LogP contribution < -0.4 is 5.32 Å². The van der Waals surface area contributed by atoms with Crippen LogP contribution >= 0.6 is 0 Å². The molecule has 0 amide bonds. The number of hydrogen-bond donors (Lipinski definition) is 2. The van der Waals surface area contributed by atoms with Crippen molar-refractivity contribution >= 4 is 5.69 Å². The first-order valence-electron chi connectivity index (χ1n) is 7.29. The lowest BCUT2D eigenvalue weighted by Crippen LogP contribution is -2.17. The maximum absolute atomic E-state index is 9.72. The first kappa shape index (κ1) is 13.0. The van der Waals surface area contributed by atoms with Crippen LogP contribution in [-0.4, -0.2) is 5.11 Å². The Bertz CT molecular complexity index is 633. The molecule has 2 heteroatoms. The number of rotatable bonds is 2. The molecular weight excluding hydrogens is 246 g/mol. The summed E-state index contributed by atoms with van der Waals surface area (Å²) in [7, 11) is 0. The lowest BCUT2D eigenvalue weighted by atomic mass is 9.87. The molecular formula is C18H21NO. The molecule has 1 unspecified atom stereocenters. The normalized spacial score (nSPS) is 17.6. The van der Waals surface area contributed by atoms with Crippen molar-refractivity contribution in [1.29, 1.82) is 0 Å². The molecule has 3 rings (SSSR count). The molecule has 2 aromatic rings. The highest BCUT2D eigenvalue weighted by molar-refractivity contribution is 5.51. The number of benzene rings is 2. The van der Waals surface area contributed by atoms with Crippen molar-refractivity contribution in [3.05, 3.63) is 58.7 Å². The van der Waals surface area contributed by atoms with Gasteiger partial charge in [0.05, 0.1) is 6.04 Å². The molecule has 0 bridgehead atoms. The topological polar surface area (TPSA) is 32.3 Å². The minimum atomic E-state index is 0.299. The summed E-state index contributed by atoms with van der Waals surface area (Å²) in [5, 5.41) is 13.3. The molecule has 0 heterocycles. The van der Waals surface area contributed by atoms with Crippen LogP contribution in [0.3, 0.4) is 0 Å². The lowest BCUT2D eigenvalue weighted by molar-refractivity contribution is 0.471. The van der Waals surface area contributed by atoms with Gasteiger partial charge in [-0.25, -0.2) is 0 Å². The smallest absolute Gasteiger partial charge is 0.115 e. The van der Waals surface area contributed by atoms with Crippen molar-refractivity contribution in [2.75, 3.05) is 5.32 Å². The standard InChI is InChI=1S/C18H21NO/c1-12-6-8-15(10-13(12)2)19-18-5-3-4-14-7-9-16(20)11-17(14)18/h6-11,18-20H,3-5H2,1-2H3. The van der Waals surface area contributed by atoms with Gasteiger partial charge >= 0.3 is 0 Å². The van der Waals surface area contributed by atoms with Gasteiger partial charge in [0.1, 0.15) is 5.75 Å². The molecule has 2 aromatic carbocycles. The van der Waals surface area contributed by atoms with Gasteiger partial charge in [-0.3, -0.25) is 0 Å². The summed E-state index contributed by atoms with van der Waals surface area (Å²) >= 11 is 0. The van der Waals surface area contributed by atoms with E-state index in [1.165, 1.54) is 28.7 Å². The van der Waals surface area contributed by atoms with Crippen molar-refractivity contribution in [1.82, 2.24) is 0 Å². The third kappa shape index (κ3) is 2.51. The number of phenols is 1. The van der Waals surface area contributed by atoms with Crippen LogP contribution in [-0.2, 0) is 6.42 Å². The van der Waals surface area contributed by atoms with Crippen molar-refractivity contribution in [3.63, 3.8) is 0 Å². The summed E-state index contributed by atoms with van der Waals surface area (Å²) in [6, 6.07) is 12.5. The Morgan fingerprint density at radius 3 is 2.70 bits per heavy atom. The van der Waals surface area contributed by atoms with Gasteiger partial charge in [0, 0.05) is 5.69 Å². The fourth-order valence-electron chi connectivity index (χ4n) is 2.97. The summed E-state index contributed by atoms with van der Waals surface area (Å²) in [5.74, 6) is 0.359. The average molecular weight is 267 g/mol. The van der Waals surface area contributed by atoms with Crippen molar-refractivity contribution < 1.29 is 5.11 Å². The zero-order valence-electron chi connectivity index (χ0n) is 12.1. The number of aromatic hydroxyl groups is 1. The fourth-order valence-corrected chi connectivity index (χ4v) is 2.97. The van der Waals surface area contributed by atoms with E-state index in [4.69, 9.17) is 0 Å². The van der Waals surface area contributed by atoms with Gasteiger partial charge in [0.15, 0.2) is 0 Å². The summed E-state index contributed by atoms with van der Waals surface area (Å²) < 4.78 is 0. The predicted octanol–water partition coefficient (Wildman–Crippen LogP) is 4.50. The van der Waals surface area contributed by atoms with Crippen molar-refractivity contribution in [2.24, 2.45) is 0 Å². The third-order valence-corrected chi connectivity index (χ3v) is 4.29. The number of anilines is 1. The molecule has 0 saturated heterocycles. The molecule has 0 radical (unpaired) electrons. The van der Waals surface area contributed by atoms with Gasteiger partial charge < -0.3 is 10.4 Å². The number of aryl methyl sites for hydroxylation is 3. The highest BCUT2D eigenvalue weighted by Gasteiger charge is 2.20. The minimum absolute atomic E-state index is 0.299. The Labute approximate surface area is 120 Å². The van der Waals surface area contributed by atoms with E-state index in [2.05, 4.69) is 43.4 Å². The van der Waals surface area contributed by atoms with Gasteiger partial charge in [0.25, 0.3) is 0 Å². The monoisotopic (exact) mass is 267 g/mol. The first-order chi connectivity index (χ1) is 9.63. The summed E-state index contributed by atoms with van der Waals surface area (Å²) in [4.78, 5) is 0. The number of hydrogen-bond acceptors (Lipinski definition) is 2. The van der Waals surface area contributed by atoms with Gasteiger partial charge in [-0.15, -0.1) is 0 Å². The van der Waals surface area contributed by atoms with Gasteiger partial charge in [-0.05, 0) is 79.6 Å². The van der Waals surface area contributed by atoms with E-state index in [1.807, 2.05) is 6.07 Å². The van der Waals surface area contributed by atoms with Crippen LogP contribution in [0.4, 0.5) is 5.69 Å². The molecule has 0 aliphatic heterocycles. The van der Waals surface area contributed by atoms with Crippen molar-refractivity contribution in [3.8, 4) is 5.75 Å². The van der Waals surface area contributed by atoms with E-state index in [0.29, 0.717) is 11.8 Å². The quantitative estimate of drug-likeness (QED) is 0.839. The van der Waals surface area contributed by atoms with Crippen molar-refractivity contribution in [2.45, 2.75) is 39.2 Å². The molecule has 0 spiro atoms. The average Bonchev–Trinajstić information content (AvgIpc) is 2.44. The second-order valence-electron chi connectivity index (χ2n) is 5.77. The van der Waals surface area contributed by atoms with E-state index in [0.717, 1.165) is 18.5 Å². The van der Waals surface area contributed by atoms with Gasteiger partial charge in [0.2, 0.25) is 0 Å². The van der Waals surface area contributed by atoms with Crippen LogP contribution in [0.25, 0.3) is 0 Å². The van der Waals surface area contributed by atoms with Crippen LogP contribution in [0.5, 0.6) is 5.75 Å². The molecule has 104 valence electrons. The maximum atomic E-state index is 9.72. The molecule has 2 N–H and O–H groups in total. The van der Waals surface area contributed by atoms with Crippen LogP contribution in [0.2, 0.25) is 0 Å². The summed E-state index contributed by atoms with van der Waals surface area (Å²) in [6.07, 6.45) is 3.42. The highest BCUT2D eigenvalue weighted by atomic mass is 16.3. The number of fused-ring (bicyclic) bond motifs is 1. The van der Waals surface area contributed by atoms with Crippen LogP contribution in [0.15, 0.2) is 36.4 Å². The van der Waals surface area contributed by atoms with E-state index >= 15 is 0 Å². The molecule has 1 atom stereocenters. The Hall–Kier alpha value is -1.96. The number of nitrogens with one attached hydrogen (secondary N) is 1. The Morgan fingerprint density at radius 2 is 1.90 bits per heavy atom. The van der Waals surface area contributed by atoms with Gasteiger partial charge in [-0.2, -0.15) is 0 Å². The molecule has 1 aliphatic rings. The zero-order chi connectivity index (χ0) is 14.1. The first-order valence-corrected chi connectivity index (χ1v) is 7.29. The summed E-state index contributed by atoms with van der Waals surface area (Å²) in [6.45, 7) is 4.27. The Kier molecular flexibility index (Phi) is 3.39.